The summed E-state index contributed by atoms with van der Waals surface area (Å²) in [6.45, 7) is 9.98. The molecule has 3 unspecified atom stereocenters. The molecule has 8 fully saturated rings. The Morgan fingerprint density at radius 2 is 1.49 bits per heavy atom. The van der Waals surface area contributed by atoms with Gasteiger partial charge in [0, 0.05) is 24.7 Å². The zero-order valence-corrected chi connectivity index (χ0v) is 32.8. The van der Waals surface area contributed by atoms with Crippen LogP contribution in [0.15, 0.2) is 0 Å². The summed E-state index contributed by atoms with van der Waals surface area (Å²) in [4.78, 5) is 14.5. The van der Waals surface area contributed by atoms with Crippen molar-refractivity contribution in [2.45, 2.75) is 165 Å². The molecule has 8 aliphatic rings. The fourth-order valence-corrected chi connectivity index (χ4v) is 13.5. The number of Topliss-reactive ketones (excluding diaryl/α,β-unsaturated/α-hetero) is 1. The summed E-state index contributed by atoms with van der Waals surface area (Å²) in [5.74, 6) is 1.77. The molecule has 12 nitrogen and oxygen atoms in total. The molecule has 0 bridgehead atoms. The number of hydrogen-bond acceptors (Lipinski definition) is 12. The van der Waals surface area contributed by atoms with Crippen LogP contribution in [0.4, 0.5) is 0 Å². The highest BCUT2D eigenvalue weighted by atomic mass is 35.5. The molecule has 22 atom stereocenters. The Bertz CT molecular complexity index is 1350. The van der Waals surface area contributed by atoms with Crippen LogP contribution in [-0.4, -0.2) is 129 Å². The minimum atomic E-state index is -1.65. The van der Waals surface area contributed by atoms with E-state index in [4.69, 9.17) is 51.6 Å². The van der Waals surface area contributed by atoms with Gasteiger partial charge in [0.25, 0.3) is 0 Å². The molecule has 0 amide bonds. The molecular weight excluding hydrogens is 731 g/mol. The smallest absolute Gasteiger partial charge is 0.187 e. The van der Waals surface area contributed by atoms with Crippen molar-refractivity contribution in [2.75, 3.05) is 18.4 Å². The second kappa shape index (κ2) is 14.6. The Labute approximate surface area is 322 Å². The first-order chi connectivity index (χ1) is 25.2. The number of rotatable bonds is 6. The van der Waals surface area contributed by atoms with Gasteiger partial charge in [0.1, 0.15) is 54.6 Å². The molecule has 4 saturated heterocycles. The number of ketones is 1. The maximum Gasteiger partial charge on any atom is 0.187 e. The number of carbonyl (C=O) groups is 1. The van der Waals surface area contributed by atoms with Gasteiger partial charge in [-0.25, -0.2) is 0 Å². The average Bonchev–Trinajstić information content (AvgIpc) is 3.57. The average molecular weight is 792 g/mol. The number of hydrogen-bond donors (Lipinski definition) is 5. The second-order valence-corrected chi connectivity index (χ2v) is 19.2. The topological polar surface area (TPSA) is 174 Å². The molecule has 1 spiro atoms. The van der Waals surface area contributed by atoms with Gasteiger partial charge < -0.3 is 54.0 Å². The van der Waals surface area contributed by atoms with Crippen LogP contribution in [0.1, 0.15) is 85.5 Å². The normalized spacial score (nSPS) is 58.2. The minimum absolute atomic E-state index is 0.00224. The first kappa shape index (κ1) is 39.6. The Kier molecular flexibility index (Phi) is 10.9. The molecule has 53 heavy (non-hydrogen) atoms. The largest absolute Gasteiger partial charge is 0.388 e. The number of carbonyl (C=O) groups excluding carboxylic acids is 1. The van der Waals surface area contributed by atoms with E-state index in [2.05, 4.69) is 27.7 Å². The van der Waals surface area contributed by atoms with E-state index in [1.54, 1.807) is 0 Å². The van der Waals surface area contributed by atoms with Gasteiger partial charge in [-0.1, -0.05) is 27.7 Å². The van der Waals surface area contributed by atoms with Crippen LogP contribution in [0.5, 0.6) is 0 Å². The lowest BCUT2D eigenvalue weighted by Crippen LogP contribution is -2.64. The zero-order chi connectivity index (χ0) is 37.8. The highest BCUT2D eigenvalue weighted by Crippen LogP contribution is 2.70. The summed E-state index contributed by atoms with van der Waals surface area (Å²) in [6, 6.07) is 0. The van der Waals surface area contributed by atoms with Crippen molar-refractivity contribution >= 4 is 29.0 Å². The van der Waals surface area contributed by atoms with Crippen molar-refractivity contribution in [3.63, 3.8) is 0 Å². The van der Waals surface area contributed by atoms with Crippen LogP contribution in [0.3, 0.4) is 0 Å². The Morgan fingerprint density at radius 1 is 0.792 bits per heavy atom. The highest BCUT2D eigenvalue weighted by Gasteiger charge is 2.71. The summed E-state index contributed by atoms with van der Waals surface area (Å²) in [6.07, 6.45) is -5.83. The third-order valence-corrected chi connectivity index (χ3v) is 16.4. The van der Waals surface area contributed by atoms with Gasteiger partial charge in [-0.05, 0) is 85.4 Å². The fourth-order valence-electron chi connectivity index (χ4n) is 13.0. The van der Waals surface area contributed by atoms with E-state index in [1.165, 1.54) is 0 Å². The molecule has 0 aromatic heterocycles. The first-order valence-electron chi connectivity index (χ1n) is 20.1. The summed E-state index contributed by atoms with van der Waals surface area (Å²) in [7, 11) is 0. The van der Waals surface area contributed by atoms with E-state index >= 15 is 0 Å². The molecule has 0 aromatic carbocycles. The van der Waals surface area contributed by atoms with Crippen molar-refractivity contribution in [1.29, 1.82) is 0 Å². The van der Waals surface area contributed by atoms with Crippen molar-refractivity contribution in [2.24, 2.45) is 52.3 Å². The number of halogens is 2. The Balaban J connectivity index is 0.911. The van der Waals surface area contributed by atoms with Crippen LogP contribution in [0.2, 0.25) is 0 Å². The lowest BCUT2D eigenvalue weighted by Gasteiger charge is -2.60. The Morgan fingerprint density at radius 3 is 2.19 bits per heavy atom. The molecule has 4 heterocycles. The molecule has 0 aromatic rings. The van der Waals surface area contributed by atoms with Crippen LogP contribution in [0.25, 0.3) is 0 Å². The quantitative estimate of drug-likeness (QED) is 0.197. The summed E-state index contributed by atoms with van der Waals surface area (Å²) < 4.78 is 37.3. The monoisotopic (exact) mass is 790 g/mol. The summed E-state index contributed by atoms with van der Waals surface area (Å²) in [5.41, 5.74) is -0.246. The highest BCUT2D eigenvalue weighted by molar-refractivity contribution is 6.18. The number of aliphatic hydroxyl groups excluding tert-OH is 5. The molecule has 302 valence electrons. The summed E-state index contributed by atoms with van der Waals surface area (Å²) >= 11 is 12.1. The van der Waals surface area contributed by atoms with Crippen molar-refractivity contribution in [3.05, 3.63) is 0 Å². The van der Waals surface area contributed by atoms with Crippen LogP contribution >= 0.6 is 23.2 Å². The van der Waals surface area contributed by atoms with Crippen LogP contribution in [-0.2, 0) is 33.2 Å². The maximum absolute atomic E-state index is 14.5. The molecular formula is C39H60Cl2O12. The number of ether oxygens (including phenoxy) is 6. The van der Waals surface area contributed by atoms with Gasteiger partial charge in [-0.2, -0.15) is 0 Å². The minimum Gasteiger partial charge on any atom is -0.388 e. The number of aliphatic hydroxyl groups is 5. The predicted octanol–water partition coefficient (Wildman–Crippen LogP) is 3.11. The number of fused-ring (bicyclic) bond motifs is 7. The van der Waals surface area contributed by atoms with Gasteiger partial charge in [-0.3, -0.25) is 4.79 Å². The van der Waals surface area contributed by atoms with E-state index in [1.807, 2.05) is 0 Å². The molecule has 4 aliphatic heterocycles. The fraction of sp³-hybridized carbons (Fsp3) is 0.974. The summed E-state index contributed by atoms with van der Waals surface area (Å²) in [5, 5.41) is 53.4. The van der Waals surface area contributed by atoms with Gasteiger partial charge in [0.05, 0.1) is 30.6 Å². The van der Waals surface area contributed by atoms with E-state index in [-0.39, 0.29) is 52.6 Å². The maximum atomic E-state index is 14.5. The van der Waals surface area contributed by atoms with E-state index in [9.17, 15) is 30.3 Å². The standard InChI is InChI=1S/C39H60Cl2O12/c1-17-7-10-39(48-16-17)18(2)27-24(53-39)12-22-21-6-5-19-11-20(8-9-37(19,3)28(21)23(42)13-38(22,27)4)49-35-33(47)31(45)34(26(15-41)51-35)52-36-32(46)30(44)29(43)25(14-40)50-36/h17-22,24-36,43-47H,5-16H2,1-4H3/t17-,18?,19+,20+,21+,22+,24?,25-,26-,27?,28-,29-,30+,31-,32-,33-,34-,35-,36+,37+,38+,39-/m1/s1. The van der Waals surface area contributed by atoms with Gasteiger partial charge in [0.15, 0.2) is 18.4 Å². The van der Waals surface area contributed by atoms with Crippen molar-refractivity contribution < 1.29 is 58.7 Å². The lowest BCUT2D eigenvalue weighted by atomic mass is 9.44. The second-order valence-electron chi connectivity index (χ2n) is 18.6. The molecule has 0 radical (unpaired) electrons. The van der Waals surface area contributed by atoms with Crippen molar-refractivity contribution in [3.8, 4) is 0 Å². The SMILES string of the molecule is CC1C2C(C[C@H]3[C@@H]4CC[C@H]5C[C@@H](O[C@@H]6O[C@H](CCl)[C@@H](O[C@@H]7O[C@H](CCl)[C@@H](O)[C@H](O)[C@H]7O)[C@H](O)[C@H]6O)CC[C@]5(C)[C@H]4C(=O)C[C@]23C)O[C@]12CC[C@@H](C)CO2. The van der Waals surface area contributed by atoms with Gasteiger partial charge >= 0.3 is 0 Å². The zero-order valence-electron chi connectivity index (χ0n) is 31.3. The molecule has 14 heteroatoms. The third kappa shape index (κ3) is 6.30. The van der Waals surface area contributed by atoms with Crippen molar-refractivity contribution in [1.82, 2.24) is 0 Å². The number of alkyl halides is 2. The van der Waals surface area contributed by atoms with E-state index in [0.717, 1.165) is 51.6 Å². The first-order valence-corrected chi connectivity index (χ1v) is 21.2. The Hall–Kier alpha value is -0.190. The van der Waals surface area contributed by atoms with Crippen LogP contribution in [0, 0.1) is 52.3 Å². The molecule has 4 aliphatic carbocycles. The van der Waals surface area contributed by atoms with Gasteiger partial charge in [0.2, 0.25) is 0 Å². The van der Waals surface area contributed by atoms with Crippen LogP contribution < -0.4 is 0 Å². The molecule has 4 saturated carbocycles. The third-order valence-electron chi connectivity index (χ3n) is 15.8. The predicted molar refractivity (Wildman–Crippen MR) is 191 cm³/mol. The van der Waals surface area contributed by atoms with Gasteiger partial charge in [-0.15, -0.1) is 23.2 Å². The molecule has 5 N–H and O–H groups in total. The lowest BCUT2D eigenvalue weighted by molar-refractivity contribution is -0.356. The molecule has 8 rings (SSSR count). The van der Waals surface area contributed by atoms with E-state index in [0.29, 0.717) is 42.3 Å². The van der Waals surface area contributed by atoms with E-state index < -0.39 is 67.2 Å².